The van der Waals surface area contributed by atoms with E-state index in [1.807, 2.05) is 6.07 Å². The van der Waals surface area contributed by atoms with Crippen molar-refractivity contribution in [2.45, 2.75) is 18.3 Å². The first-order chi connectivity index (χ1) is 11.2. The number of aliphatic carboxylic acids is 1. The highest BCUT2D eigenvalue weighted by molar-refractivity contribution is 7.88. The van der Waals surface area contributed by atoms with E-state index < -0.39 is 21.4 Å². The number of rotatable bonds is 5. The van der Waals surface area contributed by atoms with Gasteiger partial charge < -0.3 is 10.0 Å². The van der Waals surface area contributed by atoms with Gasteiger partial charge in [-0.15, -0.1) is 0 Å². The lowest BCUT2D eigenvalue weighted by atomic mass is 9.73. The lowest BCUT2D eigenvalue weighted by molar-refractivity contribution is -0.148. The number of benzene rings is 1. The summed E-state index contributed by atoms with van der Waals surface area (Å²) < 4.78 is 23.8. The fourth-order valence-electron chi connectivity index (χ4n) is 2.93. The number of carbonyl (C=O) groups excluding carboxylic acids is 1. The van der Waals surface area contributed by atoms with E-state index in [4.69, 9.17) is 0 Å². The van der Waals surface area contributed by atoms with Gasteiger partial charge in [-0.1, -0.05) is 30.3 Å². The quantitative estimate of drug-likeness (QED) is 0.832. The summed E-state index contributed by atoms with van der Waals surface area (Å²) in [6.45, 7) is 0.347. The molecule has 1 saturated heterocycles. The molecule has 7 nitrogen and oxygen atoms in total. The zero-order valence-corrected chi connectivity index (χ0v) is 14.6. The highest BCUT2D eigenvalue weighted by atomic mass is 32.2. The molecule has 0 saturated carbocycles. The normalized spacial score (nSPS) is 17.7. The molecule has 1 aliphatic rings. The lowest BCUT2D eigenvalue weighted by Gasteiger charge is -2.39. The summed E-state index contributed by atoms with van der Waals surface area (Å²) >= 11 is 0. The number of sulfonamides is 1. The number of nitrogens with zero attached hydrogens (tertiary/aromatic N) is 2. The van der Waals surface area contributed by atoms with Gasteiger partial charge in [0.1, 0.15) is 0 Å². The minimum Gasteiger partial charge on any atom is -0.481 e. The van der Waals surface area contributed by atoms with Crippen LogP contribution in [0.5, 0.6) is 0 Å². The maximum Gasteiger partial charge on any atom is 0.314 e. The van der Waals surface area contributed by atoms with E-state index in [0.717, 1.165) is 16.1 Å². The molecule has 0 aromatic heterocycles. The highest BCUT2D eigenvalue weighted by Crippen LogP contribution is 2.35. The first-order valence-corrected chi connectivity index (χ1v) is 9.50. The summed E-state index contributed by atoms with van der Waals surface area (Å²) in [5.41, 5.74) is -0.265. The Morgan fingerprint density at radius 2 is 1.75 bits per heavy atom. The number of hydrogen-bond donors (Lipinski definition) is 1. The summed E-state index contributed by atoms with van der Waals surface area (Å²) in [6.07, 6.45) is 1.66. The van der Waals surface area contributed by atoms with E-state index >= 15 is 0 Å². The van der Waals surface area contributed by atoms with Crippen molar-refractivity contribution in [1.29, 1.82) is 0 Å². The largest absolute Gasteiger partial charge is 0.481 e. The second kappa shape index (κ2) is 6.90. The number of carbonyl (C=O) groups is 2. The van der Waals surface area contributed by atoms with Crippen molar-refractivity contribution in [3.63, 3.8) is 0 Å². The molecular formula is C16H22N2O5S. The van der Waals surface area contributed by atoms with Gasteiger partial charge in [0.05, 0.1) is 18.2 Å². The first-order valence-electron chi connectivity index (χ1n) is 7.65. The summed E-state index contributed by atoms with van der Waals surface area (Å²) in [5.74, 6) is -1.20. The minimum atomic E-state index is -3.42. The second-order valence-electron chi connectivity index (χ2n) is 6.15. The van der Waals surface area contributed by atoms with Crippen LogP contribution in [0.1, 0.15) is 18.4 Å². The van der Waals surface area contributed by atoms with Crippen LogP contribution in [0.25, 0.3) is 0 Å². The van der Waals surface area contributed by atoms with Gasteiger partial charge >= 0.3 is 5.97 Å². The van der Waals surface area contributed by atoms with Crippen molar-refractivity contribution in [3.8, 4) is 0 Å². The zero-order valence-electron chi connectivity index (χ0n) is 13.8. The van der Waals surface area contributed by atoms with Crippen LogP contribution in [-0.2, 0) is 25.0 Å². The van der Waals surface area contributed by atoms with Crippen molar-refractivity contribution in [2.24, 2.45) is 0 Å². The maximum absolute atomic E-state index is 12.2. The minimum absolute atomic E-state index is 0.232. The molecule has 0 aliphatic carbocycles. The number of amides is 1. The van der Waals surface area contributed by atoms with Gasteiger partial charge in [-0.3, -0.25) is 9.59 Å². The summed E-state index contributed by atoms with van der Waals surface area (Å²) in [6, 6.07) is 9.03. The summed E-state index contributed by atoms with van der Waals surface area (Å²) in [4.78, 5) is 25.7. The summed E-state index contributed by atoms with van der Waals surface area (Å²) in [5, 5.41) is 9.73. The Balaban J connectivity index is 2.09. The van der Waals surface area contributed by atoms with Gasteiger partial charge in [0.2, 0.25) is 15.9 Å². The molecule has 0 atom stereocenters. The Hall–Kier alpha value is -1.93. The Morgan fingerprint density at radius 3 is 2.21 bits per heavy atom. The van der Waals surface area contributed by atoms with Gasteiger partial charge in [0.25, 0.3) is 0 Å². The van der Waals surface area contributed by atoms with Crippen molar-refractivity contribution < 1.29 is 23.1 Å². The molecule has 0 unspecified atom stereocenters. The number of likely N-dealkylation sites (N-methyl/N-ethyl adjacent to an activating group) is 1. The molecule has 1 aromatic rings. The fourth-order valence-corrected chi connectivity index (χ4v) is 3.27. The van der Waals surface area contributed by atoms with E-state index in [1.165, 1.54) is 11.9 Å². The Kier molecular flexibility index (Phi) is 5.29. The fraction of sp³-hybridized carbons (Fsp3) is 0.500. The Morgan fingerprint density at radius 1 is 1.21 bits per heavy atom. The second-order valence-corrected chi connectivity index (χ2v) is 8.24. The molecule has 1 amide bonds. The van der Waals surface area contributed by atoms with E-state index in [2.05, 4.69) is 0 Å². The molecule has 1 fully saturated rings. The van der Waals surface area contributed by atoms with Crippen LogP contribution in [0.4, 0.5) is 0 Å². The number of likely N-dealkylation sites (tertiary alicyclic amines) is 1. The van der Waals surface area contributed by atoms with Gasteiger partial charge in [-0.2, -0.15) is 4.31 Å². The van der Waals surface area contributed by atoms with Gasteiger partial charge in [-0.25, -0.2) is 8.42 Å². The third-order valence-electron chi connectivity index (χ3n) is 4.63. The predicted octanol–water partition coefficient (Wildman–Crippen LogP) is 0.523. The van der Waals surface area contributed by atoms with E-state index in [1.54, 1.807) is 24.3 Å². The number of carboxylic acid groups (broad SMARTS) is 1. The molecule has 1 aliphatic heterocycles. The highest BCUT2D eigenvalue weighted by Gasteiger charge is 2.43. The van der Waals surface area contributed by atoms with Crippen LogP contribution in [0.2, 0.25) is 0 Å². The van der Waals surface area contributed by atoms with Crippen molar-refractivity contribution in [2.75, 3.05) is 32.9 Å². The molecule has 1 N–H and O–H groups in total. The number of carboxylic acids is 1. The van der Waals surface area contributed by atoms with E-state index in [-0.39, 0.29) is 25.5 Å². The molecule has 0 radical (unpaired) electrons. The number of piperidine rings is 1. The van der Waals surface area contributed by atoms with E-state index in [9.17, 15) is 23.1 Å². The first kappa shape index (κ1) is 18.4. The molecular weight excluding hydrogens is 332 g/mol. The molecule has 1 heterocycles. The standard InChI is InChI=1S/C16H22N2O5S/c1-17(24(2,22)23)12-14(19)18-10-8-16(9-11-18,15(20)21)13-6-4-3-5-7-13/h3-7H,8-12H2,1-2H3,(H,20,21). The van der Waals surface area contributed by atoms with Gasteiger partial charge in [0.15, 0.2) is 0 Å². The smallest absolute Gasteiger partial charge is 0.314 e. The number of hydrogen-bond acceptors (Lipinski definition) is 4. The van der Waals surface area contributed by atoms with Crippen LogP contribution in [-0.4, -0.2) is 67.5 Å². The van der Waals surface area contributed by atoms with Crippen LogP contribution >= 0.6 is 0 Å². The molecule has 132 valence electrons. The molecule has 2 rings (SSSR count). The van der Waals surface area contributed by atoms with Crippen molar-refractivity contribution in [1.82, 2.24) is 9.21 Å². The lowest BCUT2D eigenvalue weighted by Crippen LogP contribution is -2.51. The van der Waals surface area contributed by atoms with Crippen LogP contribution in [0, 0.1) is 0 Å². The maximum atomic E-state index is 12.2. The Labute approximate surface area is 141 Å². The van der Waals surface area contributed by atoms with Crippen LogP contribution < -0.4 is 0 Å². The molecule has 0 spiro atoms. The average molecular weight is 354 g/mol. The topological polar surface area (TPSA) is 95.0 Å². The molecule has 0 bridgehead atoms. The predicted molar refractivity (Wildman–Crippen MR) is 89.0 cm³/mol. The zero-order chi connectivity index (χ0) is 18.0. The Bertz CT molecular complexity index is 709. The van der Waals surface area contributed by atoms with Crippen molar-refractivity contribution in [3.05, 3.63) is 35.9 Å². The van der Waals surface area contributed by atoms with E-state index in [0.29, 0.717) is 12.8 Å². The summed E-state index contributed by atoms with van der Waals surface area (Å²) in [7, 11) is -2.07. The monoisotopic (exact) mass is 354 g/mol. The molecule has 24 heavy (non-hydrogen) atoms. The average Bonchev–Trinajstić information content (AvgIpc) is 2.54. The van der Waals surface area contributed by atoms with Crippen LogP contribution in [0.3, 0.4) is 0 Å². The third kappa shape index (κ3) is 3.76. The molecule has 8 heteroatoms. The molecule has 1 aromatic carbocycles. The van der Waals surface area contributed by atoms with Crippen molar-refractivity contribution >= 4 is 21.9 Å². The van der Waals surface area contributed by atoms with Gasteiger partial charge in [-0.05, 0) is 18.4 Å². The third-order valence-corrected chi connectivity index (χ3v) is 5.89. The van der Waals surface area contributed by atoms with Crippen LogP contribution in [0.15, 0.2) is 30.3 Å². The SMILES string of the molecule is CN(CC(=O)N1CCC(C(=O)O)(c2ccccc2)CC1)S(C)(=O)=O. The van der Waals surface area contributed by atoms with Gasteiger partial charge in [0, 0.05) is 20.1 Å².